The number of nitrogens with one attached hydrogen (secondary N) is 1. The number of carbonyl (C=O) groups excluding carboxylic acids is 1. The summed E-state index contributed by atoms with van der Waals surface area (Å²) in [6, 6.07) is 7.32. The quantitative estimate of drug-likeness (QED) is 0.346. The van der Waals surface area contributed by atoms with Gasteiger partial charge in [0.1, 0.15) is 0 Å². The van der Waals surface area contributed by atoms with E-state index < -0.39 is 5.91 Å². The van der Waals surface area contributed by atoms with Crippen LogP contribution in [0.15, 0.2) is 35.4 Å². The van der Waals surface area contributed by atoms with Crippen LogP contribution in [0.5, 0.6) is 28.7 Å². The van der Waals surface area contributed by atoms with E-state index in [-0.39, 0.29) is 11.5 Å². The Morgan fingerprint density at radius 3 is 2.11 bits per heavy atom. The van der Waals surface area contributed by atoms with Gasteiger partial charge in [-0.1, -0.05) is 0 Å². The molecule has 1 amide bonds. The van der Waals surface area contributed by atoms with E-state index in [1.54, 1.807) is 18.2 Å². The molecule has 0 aliphatic heterocycles. The summed E-state index contributed by atoms with van der Waals surface area (Å²) in [4.78, 5) is 12.5. The lowest BCUT2D eigenvalue weighted by molar-refractivity contribution is 0.0954. The summed E-state index contributed by atoms with van der Waals surface area (Å²) in [6.45, 7) is 6.75. The van der Waals surface area contributed by atoms with Crippen molar-refractivity contribution in [1.29, 1.82) is 0 Å². The van der Waals surface area contributed by atoms with E-state index in [4.69, 9.17) is 14.2 Å². The summed E-state index contributed by atoms with van der Waals surface area (Å²) in [5, 5.41) is 22.7. The van der Waals surface area contributed by atoms with Crippen molar-refractivity contribution < 1.29 is 29.2 Å². The van der Waals surface area contributed by atoms with Crippen molar-refractivity contribution >= 4 is 12.1 Å². The van der Waals surface area contributed by atoms with Crippen LogP contribution in [0, 0.1) is 0 Å². The summed E-state index contributed by atoms with van der Waals surface area (Å²) >= 11 is 0. The number of phenolic OH excluding ortho intramolecular Hbond substituents is 2. The molecule has 0 saturated heterocycles. The first-order valence-electron chi connectivity index (χ1n) is 8.91. The molecule has 0 saturated carbocycles. The molecule has 8 heteroatoms. The van der Waals surface area contributed by atoms with Crippen molar-refractivity contribution in [3.63, 3.8) is 0 Å². The van der Waals surface area contributed by atoms with Crippen LogP contribution in [-0.4, -0.2) is 42.2 Å². The average Bonchev–Trinajstić information content (AvgIpc) is 2.67. The molecule has 0 fully saturated rings. The van der Waals surface area contributed by atoms with Gasteiger partial charge in [0.05, 0.1) is 26.0 Å². The van der Waals surface area contributed by atoms with Crippen LogP contribution in [-0.2, 0) is 0 Å². The Morgan fingerprint density at radius 2 is 1.57 bits per heavy atom. The molecule has 0 spiro atoms. The molecule has 2 rings (SSSR count). The molecule has 0 aliphatic rings. The number of phenols is 2. The van der Waals surface area contributed by atoms with Crippen molar-refractivity contribution in [2.45, 2.75) is 20.8 Å². The topological polar surface area (TPSA) is 110 Å². The number of ether oxygens (including phenoxy) is 3. The number of rotatable bonds is 9. The van der Waals surface area contributed by atoms with Gasteiger partial charge < -0.3 is 24.4 Å². The number of nitrogens with zero attached hydrogens (tertiary/aromatic N) is 1. The molecule has 8 nitrogen and oxygen atoms in total. The Kier molecular flexibility index (Phi) is 7.50. The van der Waals surface area contributed by atoms with Gasteiger partial charge in [-0.25, -0.2) is 5.43 Å². The molecule has 0 radical (unpaired) electrons. The first-order chi connectivity index (χ1) is 13.5. The van der Waals surface area contributed by atoms with E-state index in [2.05, 4.69) is 10.5 Å². The molecule has 0 aliphatic carbocycles. The van der Waals surface area contributed by atoms with E-state index in [0.29, 0.717) is 48.2 Å². The molecule has 0 aromatic heterocycles. The molecule has 0 bridgehead atoms. The molecular weight excluding hydrogens is 364 g/mol. The van der Waals surface area contributed by atoms with Crippen LogP contribution >= 0.6 is 0 Å². The number of benzene rings is 2. The first kappa shape index (κ1) is 20.9. The van der Waals surface area contributed by atoms with Crippen molar-refractivity contribution in [2.75, 3.05) is 19.8 Å². The normalized spacial score (nSPS) is 10.7. The zero-order chi connectivity index (χ0) is 20.5. The van der Waals surface area contributed by atoms with Gasteiger partial charge in [-0.2, -0.15) is 5.10 Å². The van der Waals surface area contributed by atoms with Crippen LogP contribution in [0.4, 0.5) is 0 Å². The van der Waals surface area contributed by atoms with Crippen LogP contribution in [0.25, 0.3) is 0 Å². The van der Waals surface area contributed by atoms with Crippen molar-refractivity contribution in [1.82, 2.24) is 5.43 Å². The SMILES string of the molecule is CCOc1cc(C(=O)N/N=C/c2ccc(O)c(O)c2)cc(OCC)c1OCC. The molecule has 0 unspecified atom stereocenters. The number of hydrazone groups is 1. The highest BCUT2D eigenvalue weighted by molar-refractivity contribution is 5.96. The van der Waals surface area contributed by atoms with Gasteiger partial charge in [0, 0.05) is 5.56 Å². The van der Waals surface area contributed by atoms with E-state index in [1.165, 1.54) is 18.3 Å². The predicted octanol–water partition coefficient (Wildman–Crippen LogP) is 3.06. The Balaban J connectivity index is 2.23. The van der Waals surface area contributed by atoms with Crippen LogP contribution < -0.4 is 19.6 Å². The zero-order valence-corrected chi connectivity index (χ0v) is 16.1. The lowest BCUT2D eigenvalue weighted by atomic mass is 10.1. The lowest BCUT2D eigenvalue weighted by Gasteiger charge is -2.16. The van der Waals surface area contributed by atoms with Crippen molar-refractivity contribution in [2.24, 2.45) is 5.10 Å². The Bertz CT molecular complexity index is 824. The molecule has 0 atom stereocenters. The fourth-order valence-electron chi connectivity index (χ4n) is 2.37. The summed E-state index contributed by atoms with van der Waals surface area (Å²) < 4.78 is 16.8. The third-order valence-electron chi connectivity index (χ3n) is 3.55. The van der Waals surface area contributed by atoms with Gasteiger partial charge in [0.25, 0.3) is 5.91 Å². The van der Waals surface area contributed by atoms with Gasteiger partial charge in [-0.3, -0.25) is 4.79 Å². The predicted molar refractivity (Wildman–Crippen MR) is 105 cm³/mol. The zero-order valence-electron chi connectivity index (χ0n) is 16.1. The Hall–Kier alpha value is -3.42. The minimum absolute atomic E-state index is 0.234. The number of hydrogen-bond acceptors (Lipinski definition) is 7. The molecule has 28 heavy (non-hydrogen) atoms. The molecular formula is C20H24N2O6. The standard InChI is InChI=1S/C20H24N2O6/c1-4-26-17-10-14(11-18(27-5-2)19(17)28-6-3)20(25)22-21-12-13-7-8-15(23)16(24)9-13/h7-12,23-24H,4-6H2,1-3H3,(H,22,25)/b21-12+. The molecule has 2 aromatic rings. The smallest absolute Gasteiger partial charge is 0.271 e. The van der Waals surface area contributed by atoms with Crippen LogP contribution in [0.3, 0.4) is 0 Å². The summed E-state index contributed by atoms with van der Waals surface area (Å²) in [6.07, 6.45) is 1.35. The highest BCUT2D eigenvalue weighted by atomic mass is 16.5. The Labute approximate surface area is 163 Å². The summed E-state index contributed by atoms with van der Waals surface area (Å²) in [7, 11) is 0. The largest absolute Gasteiger partial charge is 0.504 e. The number of hydrogen-bond donors (Lipinski definition) is 3. The van der Waals surface area contributed by atoms with Crippen LogP contribution in [0.1, 0.15) is 36.7 Å². The Morgan fingerprint density at radius 1 is 0.964 bits per heavy atom. The minimum Gasteiger partial charge on any atom is -0.504 e. The highest BCUT2D eigenvalue weighted by Gasteiger charge is 2.18. The highest BCUT2D eigenvalue weighted by Crippen LogP contribution is 2.39. The van der Waals surface area contributed by atoms with Gasteiger partial charge in [-0.15, -0.1) is 0 Å². The summed E-state index contributed by atoms with van der Waals surface area (Å²) in [5.41, 5.74) is 3.21. The van der Waals surface area contributed by atoms with Crippen molar-refractivity contribution in [3.8, 4) is 28.7 Å². The minimum atomic E-state index is -0.468. The second kappa shape index (κ2) is 10.1. The average molecular weight is 388 g/mol. The number of aromatic hydroxyl groups is 2. The fourth-order valence-corrected chi connectivity index (χ4v) is 2.37. The van der Waals surface area contributed by atoms with E-state index in [9.17, 15) is 15.0 Å². The van der Waals surface area contributed by atoms with E-state index >= 15 is 0 Å². The van der Waals surface area contributed by atoms with Crippen LogP contribution in [0.2, 0.25) is 0 Å². The fraction of sp³-hybridized carbons (Fsp3) is 0.300. The molecule has 2 aromatic carbocycles. The number of carbonyl (C=O) groups is 1. The maximum atomic E-state index is 12.5. The molecule has 150 valence electrons. The maximum Gasteiger partial charge on any atom is 0.271 e. The van der Waals surface area contributed by atoms with E-state index in [1.807, 2.05) is 20.8 Å². The van der Waals surface area contributed by atoms with Crippen molar-refractivity contribution in [3.05, 3.63) is 41.5 Å². The lowest BCUT2D eigenvalue weighted by Crippen LogP contribution is -2.18. The second-order valence-electron chi connectivity index (χ2n) is 5.55. The monoisotopic (exact) mass is 388 g/mol. The third-order valence-corrected chi connectivity index (χ3v) is 3.55. The first-order valence-corrected chi connectivity index (χ1v) is 8.91. The van der Waals surface area contributed by atoms with Gasteiger partial charge >= 0.3 is 0 Å². The van der Waals surface area contributed by atoms with Gasteiger partial charge in [-0.05, 0) is 56.7 Å². The number of amides is 1. The van der Waals surface area contributed by atoms with E-state index in [0.717, 1.165) is 0 Å². The maximum absolute atomic E-state index is 12.5. The second-order valence-corrected chi connectivity index (χ2v) is 5.55. The summed E-state index contributed by atoms with van der Waals surface area (Å²) in [5.74, 6) is 0.294. The van der Waals surface area contributed by atoms with Gasteiger partial charge in [0.2, 0.25) is 5.75 Å². The van der Waals surface area contributed by atoms with Gasteiger partial charge in [0.15, 0.2) is 23.0 Å². The molecule has 3 N–H and O–H groups in total. The molecule has 0 heterocycles. The third kappa shape index (κ3) is 5.29.